The van der Waals surface area contributed by atoms with Crippen molar-refractivity contribution in [1.29, 1.82) is 0 Å². The summed E-state index contributed by atoms with van der Waals surface area (Å²) < 4.78 is 5.34. The number of carbonyl (C=O) groups excluding carboxylic acids is 3. The minimum Gasteiger partial charge on any atom is -0.378 e. The third-order valence-electron chi connectivity index (χ3n) is 5.99. The van der Waals surface area contributed by atoms with Crippen LogP contribution in [0.4, 0.5) is 11.5 Å². The van der Waals surface area contributed by atoms with Crippen LogP contribution in [0, 0.1) is 11.8 Å². The van der Waals surface area contributed by atoms with Gasteiger partial charge in [0.15, 0.2) is 0 Å². The molecule has 1 N–H and O–H groups in total. The zero-order chi connectivity index (χ0) is 19.7. The lowest BCUT2D eigenvalue weighted by Crippen LogP contribution is -2.46. The van der Waals surface area contributed by atoms with Crippen molar-refractivity contribution in [3.63, 3.8) is 0 Å². The van der Waals surface area contributed by atoms with Crippen LogP contribution >= 0.6 is 0 Å². The number of likely N-dealkylation sites (tertiary alicyclic amines) is 1. The highest BCUT2D eigenvalue weighted by Gasteiger charge is 2.50. The highest BCUT2D eigenvalue weighted by molar-refractivity contribution is 6.09. The molecule has 0 unspecified atom stereocenters. The lowest BCUT2D eigenvalue weighted by atomic mass is 9.81. The van der Waals surface area contributed by atoms with Gasteiger partial charge in [0.2, 0.25) is 17.7 Å². The maximum Gasteiger partial charge on any atom is 0.247 e. The Morgan fingerprint density at radius 2 is 1.79 bits per heavy atom. The van der Waals surface area contributed by atoms with Gasteiger partial charge < -0.3 is 15.0 Å². The quantitative estimate of drug-likeness (QED) is 0.787. The molecule has 3 heterocycles. The first-order chi connectivity index (χ1) is 13.6. The van der Waals surface area contributed by atoms with Gasteiger partial charge in [-0.05, 0) is 31.9 Å². The number of imide groups is 1. The number of amides is 3. The standard InChI is InChI=1S/C20H26N4O4/c1-13(24-19(26)15-4-2-3-5-16(15)20(24)27)18(25)22-14-6-7-17(21-12-14)23-8-10-28-11-9-23/h6-7,12-13,15-16H,2-5,8-11H2,1H3,(H,22,25)/t13-,15-,16+/m1/s1. The van der Waals surface area contributed by atoms with Crippen molar-refractivity contribution in [1.82, 2.24) is 9.88 Å². The largest absolute Gasteiger partial charge is 0.378 e. The number of nitrogens with one attached hydrogen (secondary N) is 1. The van der Waals surface area contributed by atoms with Crippen molar-refractivity contribution < 1.29 is 19.1 Å². The van der Waals surface area contributed by atoms with Crippen LogP contribution in [0.3, 0.4) is 0 Å². The summed E-state index contributed by atoms with van der Waals surface area (Å²) in [5, 5.41) is 2.78. The molecule has 0 bridgehead atoms. The molecule has 1 saturated carbocycles. The second kappa shape index (κ2) is 7.87. The van der Waals surface area contributed by atoms with E-state index in [4.69, 9.17) is 4.74 Å². The molecule has 2 aliphatic heterocycles. The summed E-state index contributed by atoms with van der Waals surface area (Å²) in [5.74, 6) is -0.419. The predicted octanol–water partition coefficient (Wildman–Crippen LogP) is 1.42. The first kappa shape index (κ1) is 18.9. The fourth-order valence-electron chi connectivity index (χ4n) is 4.37. The summed E-state index contributed by atoms with van der Waals surface area (Å²) in [5.41, 5.74) is 0.547. The van der Waals surface area contributed by atoms with E-state index in [9.17, 15) is 14.4 Å². The van der Waals surface area contributed by atoms with Crippen LogP contribution in [0.1, 0.15) is 32.6 Å². The van der Waals surface area contributed by atoms with E-state index in [-0.39, 0.29) is 29.6 Å². The molecule has 28 heavy (non-hydrogen) atoms. The molecule has 3 fully saturated rings. The van der Waals surface area contributed by atoms with Crippen molar-refractivity contribution in [2.75, 3.05) is 36.5 Å². The van der Waals surface area contributed by atoms with Crippen molar-refractivity contribution in [2.24, 2.45) is 11.8 Å². The maximum atomic E-state index is 12.7. The Balaban J connectivity index is 1.40. The van der Waals surface area contributed by atoms with Gasteiger partial charge in [-0.2, -0.15) is 0 Å². The molecule has 3 atom stereocenters. The fraction of sp³-hybridized carbons (Fsp3) is 0.600. The Bertz CT molecular complexity index is 736. The average Bonchev–Trinajstić information content (AvgIpc) is 2.99. The third kappa shape index (κ3) is 3.48. The van der Waals surface area contributed by atoms with E-state index in [1.807, 2.05) is 6.07 Å². The lowest BCUT2D eigenvalue weighted by molar-refractivity contribution is -0.146. The summed E-state index contributed by atoms with van der Waals surface area (Å²) in [7, 11) is 0. The van der Waals surface area contributed by atoms with Gasteiger partial charge in [-0.15, -0.1) is 0 Å². The van der Waals surface area contributed by atoms with Gasteiger partial charge in [0, 0.05) is 13.1 Å². The van der Waals surface area contributed by atoms with Gasteiger partial charge in [-0.1, -0.05) is 12.8 Å². The molecular weight excluding hydrogens is 360 g/mol. The molecule has 1 aliphatic carbocycles. The van der Waals surface area contributed by atoms with Crippen molar-refractivity contribution in [2.45, 2.75) is 38.6 Å². The molecule has 150 valence electrons. The number of morpholine rings is 1. The molecule has 3 aliphatic rings. The molecule has 2 saturated heterocycles. The number of carbonyl (C=O) groups is 3. The Hall–Kier alpha value is -2.48. The van der Waals surface area contributed by atoms with E-state index in [2.05, 4.69) is 15.2 Å². The van der Waals surface area contributed by atoms with Gasteiger partial charge in [-0.25, -0.2) is 4.98 Å². The first-order valence-corrected chi connectivity index (χ1v) is 10.0. The highest BCUT2D eigenvalue weighted by atomic mass is 16.5. The Labute approximate surface area is 164 Å². The number of fused-ring (bicyclic) bond motifs is 1. The number of pyridine rings is 1. The summed E-state index contributed by atoms with van der Waals surface area (Å²) >= 11 is 0. The second-order valence-corrected chi connectivity index (χ2v) is 7.71. The lowest BCUT2D eigenvalue weighted by Gasteiger charge is -2.27. The van der Waals surface area contributed by atoms with E-state index >= 15 is 0 Å². The molecule has 1 aromatic heterocycles. The third-order valence-corrected chi connectivity index (χ3v) is 5.99. The van der Waals surface area contributed by atoms with E-state index in [1.165, 1.54) is 4.90 Å². The SMILES string of the molecule is C[C@H](C(=O)Nc1ccc(N2CCOCC2)nc1)N1C(=O)[C@H]2CCCC[C@H]2C1=O. The van der Waals surface area contributed by atoms with E-state index in [1.54, 1.807) is 19.2 Å². The van der Waals surface area contributed by atoms with E-state index in [0.717, 1.165) is 44.6 Å². The zero-order valence-corrected chi connectivity index (χ0v) is 16.1. The summed E-state index contributed by atoms with van der Waals surface area (Å²) in [6.07, 6.45) is 5.02. The van der Waals surface area contributed by atoms with Crippen LogP contribution in [0.25, 0.3) is 0 Å². The molecule has 0 spiro atoms. The van der Waals surface area contributed by atoms with E-state index < -0.39 is 6.04 Å². The second-order valence-electron chi connectivity index (χ2n) is 7.71. The predicted molar refractivity (Wildman–Crippen MR) is 103 cm³/mol. The van der Waals surface area contributed by atoms with Crippen LogP contribution in [0.15, 0.2) is 18.3 Å². The normalized spacial score (nSPS) is 26.2. The summed E-state index contributed by atoms with van der Waals surface area (Å²) in [6.45, 7) is 4.54. The van der Waals surface area contributed by atoms with Crippen LogP contribution in [-0.4, -0.2) is 60.0 Å². The Kier molecular flexibility index (Phi) is 5.30. The number of nitrogens with zero attached hydrogens (tertiary/aromatic N) is 3. The number of aromatic nitrogens is 1. The van der Waals surface area contributed by atoms with Crippen molar-refractivity contribution >= 4 is 29.2 Å². The van der Waals surface area contributed by atoms with Gasteiger partial charge >= 0.3 is 0 Å². The van der Waals surface area contributed by atoms with Crippen molar-refractivity contribution in [3.8, 4) is 0 Å². The van der Waals surface area contributed by atoms with Crippen LogP contribution in [0.2, 0.25) is 0 Å². The number of anilines is 2. The highest BCUT2D eigenvalue weighted by Crippen LogP contribution is 2.38. The number of hydrogen-bond donors (Lipinski definition) is 1. The maximum absolute atomic E-state index is 12.7. The first-order valence-electron chi connectivity index (χ1n) is 10.0. The van der Waals surface area contributed by atoms with Crippen LogP contribution in [0.5, 0.6) is 0 Å². The van der Waals surface area contributed by atoms with Crippen LogP contribution < -0.4 is 10.2 Å². The molecule has 1 aromatic rings. The average molecular weight is 386 g/mol. The molecular formula is C20H26N4O4. The minimum absolute atomic E-state index is 0.196. The smallest absolute Gasteiger partial charge is 0.247 e. The molecule has 8 nitrogen and oxygen atoms in total. The number of hydrogen-bond acceptors (Lipinski definition) is 6. The Morgan fingerprint density at radius 3 is 2.36 bits per heavy atom. The zero-order valence-electron chi connectivity index (χ0n) is 16.1. The molecule has 0 radical (unpaired) electrons. The van der Waals surface area contributed by atoms with Crippen LogP contribution in [-0.2, 0) is 19.1 Å². The van der Waals surface area contributed by atoms with Crippen molar-refractivity contribution in [3.05, 3.63) is 18.3 Å². The summed E-state index contributed by atoms with van der Waals surface area (Å²) in [4.78, 5) is 45.7. The monoisotopic (exact) mass is 386 g/mol. The molecule has 4 rings (SSSR count). The fourth-order valence-corrected chi connectivity index (χ4v) is 4.37. The van der Waals surface area contributed by atoms with Gasteiger partial charge in [0.1, 0.15) is 11.9 Å². The topological polar surface area (TPSA) is 91.8 Å². The number of ether oxygens (including phenoxy) is 1. The van der Waals surface area contributed by atoms with Gasteiger partial charge in [0.05, 0.1) is 36.9 Å². The van der Waals surface area contributed by atoms with Gasteiger partial charge in [0.25, 0.3) is 0 Å². The van der Waals surface area contributed by atoms with E-state index in [0.29, 0.717) is 18.9 Å². The molecule has 8 heteroatoms. The minimum atomic E-state index is -0.829. The number of rotatable bonds is 4. The Morgan fingerprint density at radius 1 is 1.14 bits per heavy atom. The molecule has 0 aromatic carbocycles. The van der Waals surface area contributed by atoms with Gasteiger partial charge in [-0.3, -0.25) is 19.3 Å². The summed E-state index contributed by atoms with van der Waals surface area (Å²) in [6, 6.07) is 2.81. The molecule has 3 amide bonds.